The number of carboxylic acids is 1. The molecule has 0 aliphatic heterocycles. The van der Waals surface area contributed by atoms with Crippen molar-refractivity contribution in [2.45, 2.75) is 41.7 Å². The molecule has 96 valence electrons. The second-order valence-corrected chi connectivity index (χ2v) is 7.82. The van der Waals surface area contributed by atoms with E-state index in [1.165, 1.54) is 31.0 Å². The van der Waals surface area contributed by atoms with E-state index in [2.05, 4.69) is 15.9 Å². The Morgan fingerprint density at radius 2 is 1.94 bits per heavy atom. The zero-order valence-electron chi connectivity index (χ0n) is 9.99. The van der Waals surface area contributed by atoms with Crippen LogP contribution in [0.1, 0.15) is 32.1 Å². The van der Waals surface area contributed by atoms with Crippen LogP contribution in [0.5, 0.6) is 0 Å². The Labute approximate surface area is 119 Å². The highest BCUT2D eigenvalue weighted by Crippen LogP contribution is 2.66. The Hall–Kier alpha value is -0.480. The molecular formula is C14H15BrO2S. The molecule has 2 saturated carbocycles. The Morgan fingerprint density at radius 3 is 2.44 bits per heavy atom. The standard InChI is InChI=1S/C14H15BrO2S/c15-10-4-1-2-5-11(10)18-14(12(16)17)8-13(9-14)6-3-7-13/h1-2,4-5H,3,6-9H2,(H,16,17). The number of hydrogen-bond donors (Lipinski definition) is 1. The number of aliphatic carboxylic acids is 1. The second kappa shape index (κ2) is 4.27. The maximum atomic E-state index is 11.6. The third kappa shape index (κ3) is 1.90. The summed E-state index contributed by atoms with van der Waals surface area (Å²) in [6.45, 7) is 0. The average Bonchev–Trinajstić information content (AvgIpc) is 2.22. The highest BCUT2D eigenvalue weighted by Gasteiger charge is 2.61. The average molecular weight is 327 g/mol. The molecule has 0 amide bonds. The molecule has 1 N–H and O–H groups in total. The molecule has 2 aliphatic carbocycles. The van der Waals surface area contributed by atoms with Gasteiger partial charge in [-0.3, -0.25) is 4.79 Å². The van der Waals surface area contributed by atoms with Crippen molar-refractivity contribution in [3.8, 4) is 0 Å². The normalized spacial score (nSPS) is 23.2. The van der Waals surface area contributed by atoms with Gasteiger partial charge in [-0.1, -0.05) is 18.6 Å². The zero-order chi connectivity index (χ0) is 12.8. The molecule has 0 radical (unpaired) electrons. The van der Waals surface area contributed by atoms with Crippen LogP contribution in [0.3, 0.4) is 0 Å². The van der Waals surface area contributed by atoms with Gasteiger partial charge in [-0.15, -0.1) is 11.8 Å². The Balaban J connectivity index is 1.80. The molecule has 1 spiro atoms. The molecule has 3 rings (SSSR count). The summed E-state index contributed by atoms with van der Waals surface area (Å²) in [7, 11) is 0. The van der Waals surface area contributed by atoms with E-state index in [0.717, 1.165) is 22.2 Å². The summed E-state index contributed by atoms with van der Waals surface area (Å²) in [5, 5.41) is 9.55. The van der Waals surface area contributed by atoms with E-state index in [1.807, 2.05) is 24.3 Å². The first kappa shape index (κ1) is 12.5. The number of carboxylic acid groups (broad SMARTS) is 1. The van der Waals surface area contributed by atoms with Crippen molar-refractivity contribution < 1.29 is 9.90 Å². The molecule has 1 aromatic carbocycles. The second-order valence-electron chi connectivity index (χ2n) is 5.54. The molecule has 18 heavy (non-hydrogen) atoms. The fourth-order valence-corrected chi connectivity index (χ4v) is 5.30. The van der Waals surface area contributed by atoms with Crippen LogP contribution >= 0.6 is 27.7 Å². The molecule has 0 saturated heterocycles. The number of benzene rings is 1. The lowest BCUT2D eigenvalue weighted by Gasteiger charge is -2.58. The molecule has 1 aromatic rings. The lowest BCUT2D eigenvalue weighted by molar-refractivity contribution is -0.149. The van der Waals surface area contributed by atoms with E-state index in [-0.39, 0.29) is 0 Å². The summed E-state index contributed by atoms with van der Waals surface area (Å²) < 4.78 is 0.398. The monoisotopic (exact) mass is 326 g/mol. The SMILES string of the molecule is O=C(O)C1(Sc2ccccc2Br)CC2(CCC2)C1. The van der Waals surface area contributed by atoms with Crippen molar-refractivity contribution in [2.75, 3.05) is 0 Å². The van der Waals surface area contributed by atoms with E-state index in [0.29, 0.717) is 5.41 Å². The fourth-order valence-electron chi connectivity index (χ4n) is 3.20. The molecule has 2 aliphatic rings. The van der Waals surface area contributed by atoms with Crippen LogP contribution in [-0.2, 0) is 4.79 Å². The summed E-state index contributed by atoms with van der Waals surface area (Å²) >= 11 is 5.01. The van der Waals surface area contributed by atoms with Gasteiger partial charge in [0.05, 0.1) is 0 Å². The van der Waals surface area contributed by atoms with Gasteiger partial charge in [-0.25, -0.2) is 0 Å². The number of thioether (sulfide) groups is 1. The minimum atomic E-state index is -0.652. The lowest BCUT2D eigenvalue weighted by atomic mass is 9.51. The van der Waals surface area contributed by atoms with Crippen LogP contribution < -0.4 is 0 Å². The van der Waals surface area contributed by atoms with Gasteiger partial charge in [0, 0.05) is 9.37 Å². The Bertz CT molecular complexity index is 488. The lowest BCUT2D eigenvalue weighted by Crippen LogP contribution is -2.57. The molecule has 0 unspecified atom stereocenters. The first-order chi connectivity index (χ1) is 8.55. The Morgan fingerprint density at radius 1 is 1.28 bits per heavy atom. The first-order valence-electron chi connectivity index (χ1n) is 6.22. The highest BCUT2D eigenvalue weighted by atomic mass is 79.9. The van der Waals surface area contributed by atoms with Crippen LogP contribution in [0.15, 0.2) is 33.6 Å². The smallest absolute Gasteiger partial charge is 0.320 e. The quantitative estimate of drug-likeness (QED) is 0.898. The van der Waals surface area contributed by atoms with Crippen molar-refractivity contribution in [1.29, 1.82) is 0 Å². The number of halogens is 1. The van der Waals surface area contributed by atoms with Gasteiger partial charge in [0.15, 0.2) is 0 Å². The first-order valence-corrected chi connectivity index (χ1v) is 7.83. The number of rotatable bonds is 3. The van der Waals surface area contributed by atoms with Gasteiger partial charge in [0.2, 0.25) is 0 Å². The predicted octanol–water partition coefficient (Wildman–Crippen LogP) is 4.33. The van der Waals surface area contributed by atoms with Gasteiger partial charge in [0.1, 0.15) is 4.75 Å². The van der Waals surface area contributed by atoms with Crippen LogP contribution in [0.4, 0.5) is 0 Å². The molecule has 0 aromatic heterocycles. The van der Waals surface area contributed by atoms with Crippen LogP contribution in [0.25, 0.3) is 0 Å². The maximum absolute atomic E-state index is 11.6. The molecule has 4 heteroatoms. The van der Waals surface area contributed by atoms with Crippen molar-refractivity contribution in [1.82, 2.24) is 0 Å². The summed E-state index contributed by atoms with van der Waals surface area (Å²) in [6.07, 6.45) is 5.38. The molecule has 2 nitrogen and oxygen atoms in total. The van der Waals surface area contributed by atoms with Crippen LogP contribution in [0, 0.1) is 5.41 Å². The fraction of sp³-hybridized carbons (Fsp3) is 0.500. The highest BCUT2D eigenvalue weighted by molar-refractivity contribution is 9.10. The van der Waals surface area contributed by atoms with E-state index >= 15 is 0 Å². The summed E-state index contributed by atoms with van der Waals surface area (Å²) in [5.41, 5.74) is 0.368. The van der Waals surface area contributed by atoms with Gasteiger partial charge < -0.3 is 5.11 Å². The van der Waals surface area contributed by atoms with E-state index in [9.17, 15) is 9.90 Å². The minimum absolute atomic E-state index is 0.368. The number of carbonyl (C=O) groups is 1. The third-order valence-electron chi connectivity index (χ3n) is 4.27. The molecule has 0 heterocycles. The zero-order valence-corrected chi connectivity index (χ0v) is 12.4. The van der Waals surface area contributed by atoms with Crippen LogP contribution in [0.2, 0.25) is 0 Å². The summed E-state index contributed by atoms with van der Waals surface area (Å²) in [5.74, 6) is -0.652. The topological polar surface area (TPSA) is 37.3 Å². The van der Waals surface area contributed by atoms with Gasteiger partial charge in [0.25, 0.3) is 0 Å². The van der Waals surface area contributed by atoms with E-state index < -0.39 is 10.7 Å². The summed E-state index contributed by atoms with van der Waals surface area (Å²) in [4.78, 5) is 12.6. The predicted molar refractivity (Wildman–Crippen MR) is 75.9 cm³/mol. The third-order valence-corrected chi connectivity index (χ3v) is 6.65. The molecule has 0 bridgehead atoms. The number of hydrogen-bond acceptors (Lipinski definition) is 2. The minimum Gasteiger partial charge on any atom is -0.480 e. The molecular weight excluding hydrogens is 312 g/mol. The Kier molecular flexibility index (Phi) is 2.98. The van der Waals surface area contributed by atoms with E-state index in [1.54, 1.807) is 0 Å². The van der Waals surface area contributed by atoms with Gasteiger partial charge in [-0.05, 0) is 59.2 Å². The van der Waals surface area contributed by atoms with Crippen molar-refractivity contribution >= 4 is 33.7 Å². The van der Waals surface area contributed by atoms with Crippen molar-refractivity contribution in [2.24, 2.45) is 5.41 Å². The molecule has 0 atom stereocenters. The maximum Gasteiger partial charge on any atom is 0.320 e. The van der Waals surface area contributed by atoms with E-state index in [4.69, 9.17) is 0 Å². The van der Waals surface area contributed by atoms with Crippen LogP contribution in [-0.4, -0.2) is 15.8 Å². The van der Waals surface area contributed by atoms with Gasteiger partial charge in [-0.2, -0.15) is 0 Å². The van der Waals surface area contributed by atoms with Crippen molar-refractivity contribution in [3.63, 3.8) is 0 Å². The largest absolute Gasteiger partial charge is 0.480 e. The summed E-state index contributed by atoms with van der Waals surface area (Å²) in [6, 6.07) is 7.87. The molecule has 2 fully saturated rings. The van der Waals surface area contributed by atoms with Gasteiger partial charge >= 0.3 is 5.97 Å². The van der Waals surface area contributed by atoms with Crippen molar-refractivity contribution in [3.05, 3.63) is 28.7 Å².